The molecule has 2 aliphatic heterocycles. The molecule has 10 fully saturated rings. The van der Waals surface area contributed by atoms with E-state index in [4.69, 9.17) is 23.7 Å². The number of hydrogen-bond acceptors (Lipinski definition) is 23. The van der Waals surface area contributed by atoms with Crippen LogP contribution in [0.15, 0.2) is 23.3 Å². The third-order valence-electron chi connectivity index (χ3n) is 31.4. The number of hydrogen-bond donors (Lipinski definition) is 15. The summed E-state index contributed by atoms with van der Waals surface area (Å²) in [6.45, 7) is 18.9. The van der Waals surface area contributed by atoms with Crippen molar-refractivity contribution in [2.24, 2.45) is 101 Å². The maximum absolute atomic E-state index is 15.9. The van der Waals surface area contributed by atoms with E-state index in [0.717, 1.165) is 11.1 Å². The Bertz CT molecular complexity index is 3130. The summed E-state index contributed by atoms with van der Waals surface area (Å²) >= 11 is 0. The number of esters is 3. The Morgan fingerprint density at radius 1 is 0.490 bits per heavy atom. The van der Waals surface area contributed by atoms with Gasteiger partial charge >= 0.3 is 23.9 Å². The summed E-state index contributed by atoms with van der Waals surface area (Å²) in [7, 11) is 0. The SMILES string of the molecule is C[C@@H]1CC[C@]2(C(=O)O[C@@H]3O[C@H](CO)[C@@H](O)[C@H](O)[C@H]3O)CC[C@]3(C)C(=CCC4[C@@]5(C)C[C@@H](O)[C@H](O)[C@@](C)(C(=O)O[C@@H]6[C@H](O)C[C@@]7(C)C(CC[C@]8(C)C7CC=C7[C@H]9[C@](C(=O)O[C@@H]%10O[C@H](CO)[C@@H](O)[C@H](O)[C@H]%10O)(CC[C@@H](C)[C@@]9(C)O)CC[C@]78C)[C@@]6(CO)C(=O)O)C5CC[C@]43C)[C@@H]2[C@]1(C)O. The molecule has 24 heteroatoms. The Morgan fingerprint density at radius 2 is 0.896 bits per heavy atom. The number of aliphatic hydroxyl groups is 14. The largest absolute Gasteiger partial charge is 0.481 e. The lowest BCUT2D eigenvalue weighted by Crippen LogP contribution is -2.73. The second kappa shape index (κ2) is 23.6. The van der Waals surface area contributed by atoms with E-state index in [9.17, 15) is 81.4 Å². The minimum absolute atomic E-state index is 0.0617. The Kier molecular flexibility index (Phi) is 17.8. The standard InChI is InChI=1S/C72H110O24/c1-33-16-22-70(59(88)95-55-49(82)47(80)45(78)39(30-73)92-55)26-24-63(5)35(51(70)68(33,10)90)12-14-41-61(3)28-37(76)53(84)67(9,43(61)18-20-65(41,63)7)58(87)94-54-38(77)29-62(4)42-15-13-36-52-69(11,91)34(2)17-23-71(52,60(89)96-56-50(83)48(81)46(79)40(31-74)93-56)27-25-64(36,6)66(42,8)21-19-44(62)72(54,32-75)57(85)86/h12-13,33-34,37-56,73-84,90-91H,14-32H2,1-11H3,(H,85,86)/t33-,34-,37-,38-,39-,40-,41?,42?,43?,44?,45-,46-,47+,48+,49-,50-,51-,52-,53+,54-,55+,56+,61-,62-,63-,64-,65-,66-,67+,68-,69-,70+,71+,72-/m1/s1. The van der Waals surface area contributed by atoms with Crippen molar-refractivity contribution < 1.29 is 119 Å². The van der Waals surface area contributed by atoms with Crippen LogP contribution < -0.4 is 0 Å². The number of allylic oxidation sites excluding steroid dienone is 2. The van der Waals surface area contributed by atoms with Gasteiger partial charge < -0.3 is 100 Å². The van der Waals surface area contributed by atoms with Crippen LogP contribution in [0.3, 0.4) is 0 Å². The van der Waals surface area contributed by atoms with Crippen LogP contribution in [0.2, 0.25) is 0 Å². The molecule has 12 aliphatic rings. The molecular weight excluding hydrogens is 1250 g/mol. The van der Waals surface area contributed by atoms with Crippen LogP contribution in [0.5, 0.6) is 0 Å². The molecule has 2 heterocycles. The molecular formula is C72H110O24. The Morgan fingerprint density at radius 3 is 1.30 bits per heavy atom. The molecule has 542 valence electrons. The molecule has 0 bridgehead atoms. The van der Waals surface area contributed by atoms with Gasteiger partial charge in [-0.25, -0.2) is 0 Å². The molecule has 10 aliphatic carbocycles. The predicted molar refractivity (Wildman–Crippen MR) is 337 cm³/mol. The van der Waals surface area contributed by atoms with Gasteiger partial charge in [0.1, 0.15) is 60.4 Å². The fourth-order valence-electron chi connectivity index (χ4n) is 25.1. The van der Waals surface area contributed by atoms with E-state index in [0.29, 0.717) is 70.6 Å². The van der Waals surface area contributed by atoms with E-state index in [1.54, 1.807) is 20.8 Å². The molecule has 15 N–H and O–H groups in total. The summed E-state index contributed by atoms with van der Waals surface area (Å²) in [5.74, 6) is -8.56. The zero-order valence-electron chi connectivity index (χ0n) is 57.7. The minimum atomic E-state index is -2.29. The first-order chi connectivity index (χ1) is 44.6. The van der Waals surface area contributed by atoms with E-state index in [2.05, 4.69) is 33.8 Å². The van der Waals surface area contributed by atoms with Crippen molar-refractivity contribution in [1.29, 1.82) is 0 Å². The first kappa shape index (κ1) is 72.5. The van der Waals surface area contributed by atoms with Gasteiger partial charge in [0, 0.05) is 11.8 Å². The van der Waals surface area contributed by atoms with Gasteiger partial charge in [-0.3, -0.25) is 19.2 Å². The normalized spacial score (nSPS) is 56.6. The lowest BCUT2D eigenvalue weighted by Gasteiger charge is -2.72. The van der Waals surface area contributed by atoms with Gasteiger partial charge in [0.25, 0.3) is 0 Å². The third-order valence-corrected chi connectivity index (χ3v) is 31.4. The van der Waals surface area contributed by atoms with Crippen LogP contribution in [-0.2, 0) is 42.9 Å². The van der Waals surface area contributed by atoms with Crippen LogP contribution in [0.1, 0.15) is 179 Å². The highest BCUT2D eigenvalue weighted by Gasteiger charge is 2.78. The number of carboxylic acid groups (broad SMARTS) is 1. The van der Waals surface area contributed by atoms with Crippen molar-refractivity contribution in [3.05, 3.63) is 23.3 Å². The Hall–Kier alpha value is -3.28. The van der Waals surface area contributed by atoms with E-state index in [1.807, 2.05) is 33.8 Å². The maximum atomic E-state index is 15.9. The molecule has 0 spiro atoms. The Balaban J connectivity index is 0.835. The number of fused-ring (bicyclic) bond motifs is 14. The van der Waals surface area contributed by atoms with Crippen molar-refractivity contribution in [1.82, 2.24) is 0 Å². The van der Waals surface area contributed by atoms with Crippen molar-refractivity contribution >= 4 is 23.9 Å². The quantitative estimate of drug-likeness (QED) is 0.0848. The van der Waals surface area contributed by atoms with E-state index < -0.39 is 219 Å². The summed E-state index contributed by atoms with van der Waals surface area (Å²) in [5.41, 5.74) is -13.0. The highest BCUT2D eigenvalue weighted by Crippen LogP contribution is 2.79. The second-order valence-corrected chi connectivity index (χ2v) is 34.9. The summed E-state index contributed by atoms with van der Waals surface area (Å²) < 4.78 is 29.9. The van der Waals surface area contributed by atoms with E-state index in [1.165, 1.54) is 0 Å². The number of rotatable bonds is 10. The molecule has 0 aromatic rings. The lowest BCUT2D eigenvalue weighted by atomic mass is 9.32. The van der Waals surface area contributed by atoms with Crippen LogP contribution in [0.4, 0.5) is 0 Å². The molecule has 8 saturated carbocycles. The van der Waals surface area contributed by atoms with Crippen molar-refractivity contribution in [3.8, 4) is 0 Å². The number of aliphatic hydroxyl groups excluding tert-OH is 12. The zero-order valence-corrected chi connectivity index (χ0v) is 57.7. The fourth-order valence-corrected chi connectivity index (χ4v) is 25.1. The van der Waals surface area contributed by atoms with E-state index >= 15 is 14.4 Å². The van der Waals surface area contributed by atoms with Gasteiger partial charge in [-0.2, -0.15) is 0 Å². The summed E-state index contributed by atoms with van der Waals surface area (Å²) in [6.07, 6.45) is -14.6. The summed E-state index contributed by atoms with van der Waals surface area (Å²) in [6, 6.07) is 0. The van der Waals surface area contributed by atoms with Crippen molar-refractivity contribution in [2.45, 2.75) is 276 Å². The third kappa shape index (κ3) is 9.33. The number of carbonyl (C=O) groups excluding carboxylic acids is 3. The van der Waals surface area contributed by atoms with Crippen LogP contribution >= 0.6 is 0 Å². The van der Waals surface area contributed by atoms with Crippen LogP contribution in [0, 0.1) is 101 Å². The van der Waals surface area contributed by atoms with Crippen LogP contribution in [0.25, 0.3) is 0 Å². The smallest absolute Gasteiger partial charge is 0.316 e. The second-order valence-electron chi connectivity index (χ2n) is 34.9. The molecule has 0 aromatic heterocycles. The number of carboxylic acids is 1. The topological polar surface area (TPSA) is 418 Å². The summed E-state index contributed by atoms with van der Waals surface area (Å²) in [5, 5.41) is 171. The highest BCUT2D eigenvalue weighted by atomic mass is 16.7. The molecule has 0 aromatic carbocycles. The molecule has 0 radical (unpaired) electrons. The highest BCUT2D eigenvalue weighted by molar-refractivity contribution is 5.82. The van der Waals surface area contributed by atoms with Crippen LogP contribution in [-0.4, -0.2) is 217 Å². The Labute approximate surface area is 561 Å². The number of aliphatic carboxylic acids is 1. The van der Waals surface area contributed by atoms with Crippen molar-refractivity contribution in [2.75, 3.05) is 19.8 Å². The van der Waals surface area contributed by atoms with Crippen molar-refractivity contribution in [3.63, 3.8) is 0 Å². The number of ether oxygens (including phenoxy) is 5. The van der Waals surface area contributed by atoms with Gasteiger partial charge in [-0.05, 0) is 192 Å². The average molecular weight is 1360 g/mol. The van der Waals surface area contributed by atoms with Gasteiger partial charge in [0.15, 0.2) is 0 Å². The van der Waals surface area contributed by atoms with Gasteiger partial charge in [-0.15, -0.1) is 0 Å². The molecule has 0 amide bonds. The van der Waals surface area contributed by atoms with Gasteiger partial charge in [-0.1, -0.05) is 78.7 Å². The van der Waals surface area contributed by atoms with E-state index in [-0.39, 0.29) is 55.8 Å². The summed E-state index contributed by atoms with van der Waals surface area (Å²) in [4.78, 5) is 60.4. The molecule has 96 heavy (non-hydrogen) atoms. The monoisotopic (exact) mass is 1360 g/mol. The minimum Gasteiger partial charge on any atom is -0.481 e. The van der Waals surface area contributed by atoms with Gasteiger partial charge in [0.05, 0.1) is 65.6 Å². The predicted octanol–water partition coefficient (Wildman–Crippen LogP) is 2.45. The molecule has 4 unspecified atom stereocenters. The molecule has 12 rings (SSSR count). The van der Waals surface area contributed by atoms with Gasteiger partial charge in [0.2, 0.25) is 12.6 Å². The molecule has 2 saturated heterocycles. The molecule has 24 nitrogen and oxygen atoms in total. The first-order valence-electron chi connectivity index (χ1n) is 35.6. The average Bonchev–Trinajstić information content (AvgIpc) is 0.672. The zero-order chi connectivity index (χ0) is 70.6. The number of carbonyl (C=O) groups is 4. The lowest BCUT2D eigenvalue weighted by molar-refractivity contribution is -0.299. The first-order valence-corrected chi connectivity index (χ1v) is 35.6. The maximum Gasteiger partial charge on any atom is 0.316 e. The fraction of sp³-hybridized carbons (Fsp3) is 0.889. The molecule has 34 atom stereocenters.